The summed E-state index contributed by atoms with van der Waals surface area (Å²) in [6, 6.07) is 23.9. The van der Waals surface area contributed by atoms with E-state index in [2.05, 4.69) is 0 Å². The highest BCUT2D eigenvalue weighted by Crippen LogP contribution is 2.28. The summed E-state index contributed by atoms with van der Waals surface area (Å²) in [4.78, 5) is 23.0. The number of esters is 1. The molecule has 0 aromatic heterocycles. The fraction of sp³-hybridized carbons (Fsp3) is 0.344. The van der Waals surface area contributed by atoms with Crippen LogP contribution in [0.5, 0.6) is 0 Å². The topological polar surface area (TPSA) is 85.7 Å². The van der Waals surface area contributed by atoms with Crippen molar-refractivity contribution in [3.8, 4) is 0 Å². The number of carbonyl (C=O) groups excluding carboxylic acids is 2. The monoisotopic (exact) mass is 619 g/mol. The van der Waals surface area contributed by atoms with E-state index in [9.17, 15) is 9.59 Å². The van der Waals surface area contributed by atoms with E-state index < -0.39 is 24.3 Å². The van der Waals surface area contributed by atoms with Gasteiger partial charge in [-0.15, -0.1) is 11.8 Å². The first-order chi connectivity index (χ1) is 19.9. The molecule has 1 saturated heterocycles. The smallest absolute Gasteiger partial charge is 0.338 e. The van der Waals surface area contributed by atoms with Gasteiger partial charge in [-0.25, -0.2) is 4.79 Å². The Kier molecular flexibility index (Phi) is 18.5. The second kappa shape index (κ2) is 20.9. The number of halogens is 2. The summed E-state index contributed by atoms with van der Waals surface area (Å²) in [6.45, 7) is 10.3. The zero-order chi connectivity index (χ0) is 30.6. The number of ether oxygens (including phenoxy) is 3. The van der Waals surface area contributed by atoms with Crippen molar-refractivity contribution in [2.45, 2.75) is 65.1 Å². The standard InChI is InChI=1S/C21H20ClNO5S.C7H7Cl.2C2H6/c22-16-8-6-15(7-9-16)21(25)26-11-19-17(27-13-24)10-18(28-19)20(23)29-12-14-4-2-1-3-5-14;1-6-2-4-7(8)5-3-6;2*1-2/h1-9,13,17-19,23H,10-12H2;2-5H,1H3;2*1-2H3. The van der Waals surface area contributed by atoms with Crippen LogP contribution in [0.1, 0.15) is 55.6 Å². The van der Waals surface area contributed by atoms with E-state index in [0.717, 1.165) is 10.6 Å². The van der Waals surface area contributed by atoms with E-state index in [0.29, 0.717) is 34.3 Å². The van der Waals surface area contributed by atoms with Crippen LogP contribution < -0.4 is 0 Å². The third-order valence-electron chi connectivity index (χ3n) is 5.43. The number of rotatable bonds is 8. The molecular weight excluding hydrogens is 581 g/mol. The Hall–Kier alpha value is -2.84. The Balaban J connectivity index is 0.000000590. The maximum absolute atomic E-state index is 12.2. The van der Waals surface area contributed by atoms with E-state index in [1.807, 2.05) is 89.2 Å². The minimum Gasteiger partial charge on any atom is -0.462 e. The summed E-state index contributed by atoms with van der Waals surface area (Å²) in [7, 11) is 0. The number of hydrogen-bond acceptors (Lipinski definition) is 7. The summed E-state index contributed by atoms with van der Waals surface area (Å²) >= 11 is 12.8. The van der Waals surface area contributed by atoms with Crippen LogP contribution in [0.2, 0.25) is 10.0 Å². The molecule has 1 aliphatic heterocycles. The lowest BCUT2D eigenvalue weighted by Gasteiger charge is -2.17. The van der Waals surface area contributed by atoms with Gasteiger partial charge in [0.15, 0.2) is 0 Å². The molecule has 1 N–H and O–H groups in total. The summed E-state index contributed by atoms with van der Waals surface area (Å²) in [5, 5.41) is 9.96. The molecule has 1 fully saturated rings. The Morgan fingerprint density at radius 2 is 1.51 bits per heavy atom. The van der Waals surface area contributed by atoms with Gasteiger partial charge in [0.1, 0.15) is 24.9 Å². The maximum Gasteiger partial charge on any atom is 0.338 e. The fourth-order valence-electron chi connectivity index (χ4n) is 3.44. The third-order valence-corrected chi connectivity index (χ3v) is 6.99. The summed E-state index contributed by atoms with van der Waals surface area (Å²) in [6.07, 6.45) is -1.36. The highest BCUT2D eigenvalue weighted by atomic mass is 35.5. The molecular formula is C32H39Cl2NO5S. The highest BCUT2D eigenvalue weighted by molar-refractivity contribution is 8.13. The van der Waals surface area contributed by atoms with E-state index in [4.69, 9.17) is 42.8 Å². The van der Waals surface area contributed by atoms with Crippen LogP contribution in [-0.4, -0.2) is 42.4 Å². The summed E-state index contributed by atoms with van der Waals surface area (Å²) < 4.78 is 16.3. The second-order valence-corrected chi connectivity index (χ2v) is 10.1. The summed E-state index contributed by atoms with van der Waals surface area (Å²) in [5.41, 5.74) is 2.71. The highest BCUT2D eigenvalue weighted by Gasteiger charge is 2.39. The van der Waals surface area contributed by atoms with Gasteiger partial charge in [-0.1, -0.05) is 98.9 Å². The Labute approximate surface area is 258 Å². The molecule has 0 bridgehead atoms. The molecule has 0 amide bonds. The second-order valence-electron chi connectivity index (χ2n) is 8.21. The molecule has 3 aromatic rings. The number of hydrogen-bond donors (Lipinski definition) is 1. The summed E-state index contributed by atoms with van der Waals surface area (Å²) in [5.74, 6) is 0.127. The Morgan fingerprint density at radius 1 is 0.951 bits per heavy atom. The van der Waals surface area contributed by atoms with E-state index in [1.165, 1.54) is 17.3 Å². The van der Waals surface area contributed by atoms with Crippen LogP contribution in [0.15, 0.2) is 78.9 Å². The predicted molar refractivity (Wildman–Crippen MR) is 170 cm³/mol. The average Bonchev–Trinajstić information content (AvgIpc) is 3.42. The van der Waals surface area contributed by atoms with Gasteiger partial charge in [0.2, 0.25) is 0 Å². The first kappa shape index (κ1) is 36.2. The van der Waals surface area contributed by atoms with Crippen LogP contribution >= 0.6 is 35.0 Å². The van der Waals surface area contributed by atoms with Crippen molar-refractivity contribution in [1.29, 1.82) is 5.41 Å². The van der Waals surface area contributed by atoms with Crippen molar-refractivity contribution in [3.05, 3.63) is 106 Å². The fourth-order valence-corrected chi connectivity index (χ4v) is 4.54. The van der Waals surface area contributed by atoms with Gasteiger partial charge in [0, 0.05) is 22.2 Å². The molecule has 9 heteroatoms. The molecule has 0 saturated carbocycles. The molecule has 3 aromatic carbocycles. The molecule has 3 atom stereocenters. The lowest BCUT2D eigenvalue weighted by molar-refractivity contribution is -0.137. The van der Waals surface area contributed by atoms with Crippen molar-refractivity contribution in [1.82, 2.24) is 0 Å². The van der Waals surface area contributed by atoms with E-state index in [-0.39, 0.29) is 6.61 Å². The number of carbonyl (C=O) groups is 2. The molecule has 222 valence electrons. The van der Waals surface area contributed by atoms with Crippen molar-refractivity contribution >= 4 is 52.4 Å². The lowest BCUT2D eigenvalue weighted by Crippen LogP contribution is -2.30. The van der Waals surface area contributed by atoms with E-state index >= 15 is 0 Å². The molecule has 1 aliphatic rings. The molecule has 41 heavy (non-hydrogen) atoms. The third kappa shape index (κ3) is 13.6. The van der Waals surface area contributed by atoms with Gasteiger partial charge in [-0.2, -0.15) is 0 Å². The van der Waals surface area contributed by atoms with Gasteiger partial charge < -0.3 is 14.2 Å². The molecule has 3 unspecified atom stereocenters. The molecule has 0 spiro atoms. The minimum atomic E-state index is -0.626. The van der Waals surface area contributed by atoms with Crippen LogP contribution in [0.25, 0.3) is 0 Å². The van der Waals surface area contributed by atoms with Crippen molar-refractivity contribution < 1.29 is 23.8 Å². The number of nitrogens with one attached hydrogen (secondary N) is 1. The van der Waals surface area contributed by atoms with Crippen LogP contribution in [0, 0.1) is 12.3 Å². The minimum absolute atomic E-state index is 0.0763. The zero-order valence-corrected chi connectivity index (χ0v) is 26.5. The molecule has 6 nitrogen and oxygen atoms in total. The van der Waals surface area contributed by atoms with Gasteiger partial charge in [-0.05, 0) is 48.9 Å². The van der Waals surface area contributed by atoms with Gasteiger partial charge in [0.25, 0.3) is 6.47 Å². The number of aryl methyl sites for hydroxylation is 1. The first-order valence-corrected chi connectivity index (χ1v) is 15.2. The Bertz CT molecular complexity index is 1140. The SMILES string of the molecule is CC.CC.Cc1ccc(Cl)cc1.N=C(SCc1ccccc1)C1CC(OC=O)C(COC(=O)c2ccc(Cl)cc2)O1. The van der Waals surface area contributed by atoms with E-state index in [1.54, 1.807) is 24.3 Å². The van der Waals surface area contributed by atoms with Crippen molar-refractivity contribution in [2.75, 3.05) is 6.61 Å². The van der Waals surface area contributed by atoms with Crippen LogP contribution in [0.4, 0.5) is 0 Å². The predicted octanol–water partition coefficient (Wildman–Crippen LogP) is 8.81. The number of benzene rings is 3. The van der Waals surface area contributed by atoms with Gasteiger partial charge in [0.05, 0.1) is 10.6 Å². The van der Waals surface area contributed by atoms with Crippen LogP contribution in [0.3, 0.4) is 0 Å². The zero-order valence-electron chi connectivity index (χ0n) is 24.1. The molecule has 0 radical (unpaired) electrons. The molecule has 4 rings (SSSR count). The van der Waals surface area contributed by atoms with Crippen molar-refractivity contribution in [3.63, 3.8) is 0 Å². The quantitative estimate of drug-likeness (QED) is 0.117. The van der Waals surface area contributed by atoms with Crippen LogP contribution in [-0.2, 0) is 24.8 Å². The van der Waals surface area contributed by atoms with Gasteiger partial charge >= 0.3 is 5.97 Å². The lowest BCUT2D eigenvalue weighted by atomic mass is 10.1. The van der Waals surface area contributed by atoms with Crippen molar-refractivity contribution in [2.24, 2.45) is 0 Å². The average molecular weight is 621 g/mol. The van der Waals surface area contributed by atoms with Gasteiger partial charge in [-0.3, -0.25) is 10.2 Å². The normalized spacial score (nSPS) is 16.8. The largest absolute Gasteiger partial charge is 0.462 e. The first-order valence-electron chi connectivity index (χ1n) is 13.5. The number of thioether (sulfide) groups is 1. The molecule has 0 aliphatic carbocycles. The molecule has 1 heterocycles. The Morgan fingerprint density at radius 3 is 2.05 bits per heavy atom. The maximum atomic E-state index is 12.2.